The van der Waals surface area contributed by atoms with Crippen LogP contribution in [0.5, 0.6) is 0 Å². The zero-order valence-corrected chi connectivity index (χ0v) is 18.5. The minimum atomic E-state index is -0.0842. The van der Waals surface area contributed by atoms with E-state index in [0.717, 1.165) is 52.0 Å². The maximum atomic E-state index is 11.7. The van der Waals surface area contributed by atoms with E-state index in [-0.39, 0.29) is 17.5 Å². The van der Waals surface area contributed by atoms with Gasteiger partial charge in [-0.1, -0.05) is 24.6 Å². The van der Waals surface area contributed by atoms with E-state index in [9.17, 15) is 4.79 Å². The molecule has 1 aromatic carbocycles. The molecule has 2 aromatic heterocycles. The third-order valence-electron chi connectivity index (χ3n) is 6.20. The molecule has 0 radical (unpaired) electrons. The minimum Gasteiger partial charge on any atom is -0.342 e. The molecule has 7 heteroatoms. The molecule has 0 fully saturated rings. The van der Waals surface area contributed by atoms with Crippen molar-refractivity contribution >= 4 is 22.9 Å². The largest absolute Gasteiger partial charge is 0.342 e. The summed E-state index contributed by atoms with van der Waals surface area (Å²) in [5.74, 6) is 2.15. The van der Waals surface area contributed by atoms with E-state index in [2.05, 4.69) is 55.9 Å². The lowest BCUT2D eigenvalue weighted by atomic mass is 9.92. The Morgan fingerprint density at radius 2 is 1.94 bits per heavy atom. The zero-order chi connectivity index (χ0) is 21.7. The quantitative estimate of drug-likeness (QED) is 0.632. The highest BCUT2D eigenvalue weighted by Gasteiger charge is 2.35. The summed E-state index contributed by atoms with van der Waals surface area (Å²) >= 11 is 6.16. The van der Waals surface area contributed by atoms with Crippen LogP contribution in [0.3, 0.4) is 0 Å². The fourth-order valence-electron chi connectivity index (χ4n) is 4.68. The number of allylic oxidation sites excluding steroid dienone is 4. The van der Waals surface area contributed by atoms with Crippen molar-refractivity contribution in [3.05, 3.63) is 92.5 Å². The van der Waals surface area contributed by atoms with Crippen LogP contribution in [-0.4, -0.2) is 26.3 Å². The summed E-state index contributed by atoms with van der Waals surface area (Å²) in [6.07, 6.45) is 7.11. The molecule has 0 bridgehead atoms. The van der Waals surface area contributed by atoms with Crippen molar-refractivity contribution in [3.63, 3.8) is 0 Å². The Labute approximate surface area is 185 Å². The predicted octanol–water partition coefficient (Wildman–Crippen LogP) is 4.77. The molecule has 3 heterocycles. The highest BCUT2D eigenvalue weighted by atomic mass is 35.5. The fourth-order valence-corrected chi connectivity index (χ4v) is 4.81. The molecule has 1 unspecified atom stereocenters. The first-order valence-corrected chi connectivity index (χ1v) is 10.9. The number of aromatic amines is 1. The second kappa shape index (κ2) is 7.54. The van der Waals surface area contributed by atoms with Crippen molar-refractivity contribution in [2.24, 2.45) is 0 Å². The van der Waals surface area contributed by atoms with Gasteiger partial charge in [0, 0.05) is 46.7 Å². The van der Waals surface area contributed by atoms with Crippen LogP contribution in [0.1, 0.15) is 48.1 Å². The molecule has 6 nitrogen and oxygen atoms in total. The molecule has 0 saturated carbocycles. The van der Waals surface area contributed by atoms with Crippen molar-refractivity contribution in [3.8, 4) is 0 Å². The summed E-state index contributed by atoms with van der Waals surface area (Å²) in [7, 11) is 0. The van der Waals surface area contributed by atoms with E-state index >= 15 is 0 Å². The van der Waals surface area contributed by atoms with Crippen LogP contribution in [0, 0.1) is 13.8 Å². The molecule has 0 saturated heterocycles. The molecule has 31 heavy (non-hydrogen) atoms. The van der Waals surface area contributed by atoms with Gasteiger partial charge in [-0.3, -0.25) is 4.79 Å². The smallest absolute Gasteiger partial charge is 0.248 e. The fraction of sp³-hybridized carbons (Fsp3) is 0.292. The monoisotopic (exact) mass is 433 g/mol. The number of halogens is 1. The van der Waals surface area contributed by atoms with Crippen LogP contribution < -0.4 is 10.5 Å². The highest BCUT2D eigenvalue weighted by Crippen LogP contribution is 2.42. The maximum Gasteiger partial charge on any atom is 0.248 e. The van der Waals surface area contributed by atoms with Gasteiger partial charge in [-0.15, -0.1) is 10.2 Å². The van der Waals surface area contributed by atoms with Crippen LogP contribution in [-0.2, 0) is 0 Å². The SMILES string of the molecule is Cc1cc(=O)[nH]cc1C1=CCC2C(=C1)N(c1ccc(Cl)cc1)C[C@@H](C)c1nnc(C)n12. The predicted molar refractivity (Wildman–Crippen MR) is 123 cm³/mol. The van der Waals surface area contributed by atoms with Gasteiger partial charge in [-0.25, -0.2) is 0 Å². The number of anilines is 1. The van der Waals surface area contributed by atoms with Gasteiger partial charge in [-0.05, 0) is 61.7 Å². The Hall–Kier alpha value is -3.12. The number of nitrogens with zero attached hydrogens (tertiary/aromatic N) is 4. The third-order valence-corrected chi connectivity index (χ3v) is 6.45. The first-order chi connectivity index (χ1) is 14.9. The van der Waals surface area contributed by atoms with Crippen molar-refractivity contribution in [2.75, 3.05) is 11.4 Å². The molecular weight excluding hydrogens is 410 g/mol. The second-order valence-corrected chi connectivity index (χ2v) is 8.77. The lowest BCUT2D eigenvalue weighted by molar-refractivity contribution is 0.540. The van der Waals surface area contributed by atoms with Gasteiger partial charge in [0.15, 0.2) is 0 Å². The molecule has 0 amide bonds. The van der Waals surface area contributed by atoms with Gasteiger partial charge in [0.05, 0.1) is 6.04 Å². The molecule has 158 valence electrons. The molecule has 3 aromatic rings. The first kappa shape index (κ1) is 19.8. The number of hydrogen-bond acceptors (Lipinski definition) is 4. The van der Waals surface area contributed by atoms with Crippen LogP contribution in [0.15, 0.2) is 59.2 Å². The molecular formula is C24H24ClN5O. The van der Waals surface area contributed by atoms with E-state index in [1.807, 2.05) is 32.2 Å². The topological polar surface area (TPSA) is 66.8 Å². The highest BCUT2D eigenvalue weighted by molar-refractivity contribution is 6.30. The van der Waals surface area contributed by atoms with Gasteiger partial charge in [-0.2, -0.15) is 0 Å². The van der Waals surface area contributed by atoms with Crippen LogP contribution in [0.4, 0.5) is 5.69 Å². The molecule has 2 atom stereocenters. The Morgan fingerprint density at radius 1 is 1.16 bits per heavy atom. The van der Waals surface area contributed by atoms with Gasteiger partial charge in [0.1, 0.15) is 11.6 Å². The van der Waals surface area contributed by atoms with Crippen LogP contribution in [0.2, 0.25) is 5.02 Å². The normalized spacial score (nSPS) is 20.5. The van der Waals surface area contributed by atoms with Crippen LogP contribution >= 0.6 is 11.6 Å². The van der Waals surface area contributed by atoms with E-state index in [1.165, 1.54) is 5.70 Å². The van der Waals surface area contributed by atoms with Gasteiger partial charge >= 0.3 is 0 Å². The molecule has 5 rings (SSSR count). The number of aryl methyl sites for hydroxylation is 2. The van der Waals surface area contributed by atoms with E-state index in [0.29, 0.717) is 0 Å². The van der Waals surface area contributed by atoms with E-state index in [1.54, 1.807) is 6.07 Å². The number of rotatable bonds is 2. The van der Waals surface area contributed by atoms with Crippen molar-refractivity contribution in [2.45, 2.75) is 39.2 Å². The van der Waals surface area contributed by atoms with Gasteiger partial charge in [0.2, 0.25) is 5.56 Å². The summed E-state index contributed by atoms with van der Waals surface area (Å²) in [6.45, 7) is 6.98. The lowest BCUT2D eigenvalue weighted by Crippen LogP contribution is -2.29. The number of aromatic nitrogens is 4. The number of nitrogens with one attached hydrogen (secondary N) is 1. The molecule has 1 aliphatic carbocycles. The number of benzene rings is 1. The van der Waals surface area contributed by atoms with E-state index < -0.39 is 0 Å². The zero-order valence-electron chi connectivity index (χ0n) is 17.8. The van der Waals surface area contributed by atoms with Crippen LogP contribution in [0.25, 0.3) is 5.57 Å². The summed E-state index contributed by atoms with van der Waals surface area (Å²) in [4.78, 5) is 16.9. The summed E-state index contributed by atoms with van der Waals surface area (Å²) in [5.41, 5.74) is 5.33. The van der Waals surface area contributed by atoms with Crippen molar-refractivity contribution in [1.29, 1.82) is 0 Å². The molecule has 2 aliphatic rings. The number of hydrogen-bond donors (Lipinski definition) is 1. The Morgan fingerprint density at radius 3 is 2.68 bits per heavy atom. The van der Waals surface area contributed by atoms with Gasteiger partial charge < -0.3 is 14.5 Å². The second-order valence-electron chi connectivity index (χ2n) is 8.34. The maximum absolute atomic E-state index is 11.7. The Bertz CT molecular complexity index is 1270. The minimum absolute atomic E-state index is 0.0842. The Balaban J connectivity index is 1.67. The van der Waals surface area contributed by atoms with Gasteiger partial charge in [0.25, 0.3) is 0 Å². The van der Waals surface area contributed by atoms with Crippen molar-refractivity contribution < 1.29 is 0 Å². The average Bonchev–Trinajstić information content (AvgIpc) is 3.08. The standard InChI is InChI=1S/C24H24ClN5O/c1-14-10-23(31)26-12-20(14)17-4-9-21-22(11-17)29(19-7-5-18(25)6-8-19)13-15(2)24-28-27-16(3)30(21)24/h4-8,10-12,15,21H,9,13H2,1-3H3,(H,26,31)/t15-,21?/m1/s1. The molecule has 0 spiro atoms. The summed E-state index contributed by atoms with van der Waals surface area (Å²) in [6, 6.07) is 9.75. The van der Waals surface area contributed by atoms with E-state index in [4.69, 9.17) is 11.6 Å². The number of pyridine rings is 1. The molecule has 1 aliphatic heterocycles. The summed E-state index contributed by atoms with van der Waals surface area (Å²) < 4.78 is 2.28. The third kappa shape index (κ3) is 3.41. The lowest BCUT2D eigenvalue weighted by Gasteiger charge is -2.34. The average molecular weight is 434 g/mol. The number of fused-ring (bicyclic) bond motifs is 3. The van der Waals surface area contributed by atoms with Crippen molar-refractivity contribution in [1.82, 2.24) is 19.7 Å². The number of H-pyrrole nitrogens is 1. The summed E-state index contributed by atoms with van der Waals surface area (Å²) in [5, 5.41) is 9.61. The molecule has 1 N–H and O–H groups in total. The Kier molecular flexibility index (Phi) is 4.82. The first-order valence-electron chi connectivity index (χ1n) is 10.5.